The summed E-state index contributed by atoms with van der Waals surface area (Å²) in [5, 5.41) is 3.29. The molecular formula is C18H26F2N4. The monoisotopic (exact) mass is 336 g/mol. The van der Waals surface area contributed by atoms with E-state index in [1.165, 1.54) is 32.4 Å². The van der Waals surface area contributed by atoms with Crippen LogP contribution in [0.5, 0.6) is 0 Å². The summed E-state index contributed by atoms with van der Waals surface area (Å²) in [6, 6.07) is 4.94. The van der Waals surface area contributed by atoms with E-state index in [2.05, 4.69) is 20.1 Å². The molecular weight excluding hydrogens is 310 g/mol. The van der Waals surface area contributed by atoms with Crippen LogP contribution in [0.4, 0.5) is 8.78 Å². The van der Waals surface area contributed by atoms with Gasteiger partial charge < -0.3 is 10.2 Å². The number of nitrogens with one attached hydrogen (secondary N) is 1. The van der Waals surface area contributed by atoms with E-state index in [0.717, 1.165) is 25.1 Å². The molecule has 2 saturated heterocycles. The van der Waals surface area contributed by atoms with Gasteiger partial charge in [0.25, 0.3) is 0 Å². The van der Waals surface area contributed by atoms with Gasteiger partial charge in [-0.1, -0.05) is 12.1 Å². The molecule has 0 aliphatic carbocycles. The molecule has 1 aromatic rings. The van der Waals surface area contributed by atoms with E-state index < -0.39 is 11.6 Å². The third-order valence-corrected chi connectivity index (χ3v) is 5.04. The summed E-state index contributed by atoms with van der Waals surface area (Å²) < 4.78 is 26.9. The zero-order valence-electron chi connectivity index (χ0n) is 14.3. The van der Waals surface area contributed by atoms with Crippen LogP contribution in [0.25, 0.3) is 0 Å². The van der Waals surface area contributed by atoms with Crippen molar-refractivity contribution in [1.82, 2.24) is 15.1 Å². The number of halogens is 2. The largest absolute Gasteiger partial charge is 0.356 e. The molecule has 0 bridgehead atoms. The van der Waals surface area contributed by atoms with Gasteiger partial charge in [0.05, 0.1) is 0 Å². The lowest BCUT2D eigenvalue weighted by Crippen LogP contribution is -2.43. The summed E-state index contributed by atoms with van der Waals surface area (Å²) in [5.74, 6) is -0.678. The van der Waals surface area contributed by atoms with Crippen LogP contribution in [0.15, 0.2) is 23.2 Å². The first-order chi connectivity index (χ1) is 11.7. The zero-order chi connectivity index (χ0) is 16.9. The minimum Gasteiger partial charge on any atom is -0.356 e. The van der Waals surface area contributed by atoms with Crippen molar-refractivity contribution in [1.29, 1.82) is 0 Å². The van der Waals surface area contributed by atoms with E-state index in [9.17, 15) is 8.78 Å². The van der Waals surface area contributed by atoms with Crippen molar-refractivity contribution in [3.8, 4) is 0 Å². The predicted octanol–water partition coefficient (Wildman–Crippen LogP) is 2.25. The molecule has 0 aromatic heterocycles. The summed E-state index contributed by atoms with van der Waals surface area (Å²) in [5.41, 5.74) is 0.398. The van der Waals surface area contributed by atoms with Crippen LogP contribution < -0.4 is 5.32 Å². The van der Waals surface area contributed by atoms with E-state index in [0.29, 0.717) is 24.6 Å². The van der Waals surface area contributed by atoms with Gasteiger partial charge in [0.1, 0.15) is 0 Å². The van der Waals surface area contributed by atoms with E-state index in [1.54, 1.807) is 19.2 Å². The number of hydrogen-bond acceptors (Lipinski definition) is 2. The van der Waals surface area contributed by atoms with Gasteiger partial charge >= 0.3 is 0 Å². The van der Waals surface area contributed by atoms with E-state index >= 15 is 0 Å². The van der Waals surface area contributed by atoms with Gasteiger partial charge in [-0.15, -0.1) is 0 Å². The third kappa shape index (κ3) is 3.86. The molecule has 0 saturated carbocycles. The molecule has 0 spiro atoms. The van der Waals surface area contributed by atoms with Crippen molar-refractivity contribution in [3.05, 3.63) is 35.4 Å². The average molecular weight is 336 g/mol. The van der Waals surface area contributed by atoms with Gasteiger partial charge in [-0.05, 0) is 50.4 Å². The van der Waals surface area contributed by atoms with Gasteiger partial charge in [0.2, 0.25) is 0 Å². The van der Waals surface area contributed by atoms with E-state index in [4.69, 9.17) is 0 Å². The zero-order valence-corrected chi connectivity index (χ0v) is 14.3. The Bertz CT molecular complexity index is 584. The molecule has 2 heterocycles. The lowest BCUT2D eigenvalue weighted by molar-refractivity contribution is 0.249. The summed E-state index contributed by atoms with van der Waals surface area (Å²) in [4.78, 5) is 9.19. The number of benzene rings is 1. The SMILES string of the molecule is CN=C(NCCc1cccc(F)c1F)N1CCC(N2CCCC2)C1. The molecule has 3 rings (SSSR count). The normalized spacial score (nSPS) is 22.4. The summed E-state index contributed by atoms with van der Waals surface area (Å²) in [6.07, 6.45) is 4.22. The average Bonchev–Trinajstić information content (AvgIpc) is 3.26. The highest BCUT2D eigenvalue weighted by molar-refractivity contribution is 5.80. The fourth-order valence-electron chi connectivity index (χ4n) is 3.72. The van der Waals surface area contributed by atoms with Gasteiger partial charge in [-0.25, -0.2) is 8.78 Å². The molecule has 0 radical (unpaired) electrons. The highest BCUT2D eigenvalue weighted by Gasteiger charge is 2.30. The van der Waals surface area contributed by atoms with E-state index in [1.807, 2.05) is 0 Å². The Morgan fingerprint density at radius 2 is 2.04 bits per heavy atom. The second kappa shape index (κ2) is 7.92. The maximum atomic E-state index is 13.7. The number of nitrogens with zero attached hydrogens (tertiary/aromatic N) is 3. The quantitative estimate of drug-likeness (QED) is 0.676. The molecule has 1 aromatic carbocycles. The molecule has 4 nitrogen and oxygen atoms in total. The molecule has 2 fully saturated rings. The van der Waals surface area contributed by atoms with Crippen molar-refractivity contribution < 1.29 is 8.78 Å². The maximum absolute atomic E-state index is 13.7. The standard InChI is InChI=1S/C18H26F2N4/c1-21-18(22-9-7-14-5-4-6-16(19)17(14)20)24-12-8-15(13-24)23-10-2-3-11-23/h4-6,15H,2-3,7-13H2,1H3,(H,21,22). The summed E-state index contributed by atoms with van der Waals surface area (Å²) >= 11 is 0. The Morgan fingerprint density at radius 3 is 2.79 bits per heavy atom. The van der Waals surface area contributed by atoms with Crippen molar-refractivity contribution in [2.24, 2.45) is 4.99 Å². The van der Waals surface area contributed by atoms with Crippen LogP contribution >= 0.6 is 0 Å². The minimum atomic E-state index is -0.787. The van der Waals surface area contributed by atoms with Gasteiger partial charge in [0.15, 0.2) is 17.6 Å². The lowest BCUT2D eigenvalue weighted by Gasteiger charge is -2.25. The summed E-state index contributed by atoms with van der Waals surface area (Å²) in [6.45, 7) is 4.95. The second-order valence-electron chi connectivity index (χ2n) is 6.57. The Hall–Kier alpha value is -1.69. The number of hydrogen-bond donors (Lipinski definition) is 1. The molecule has 132 valence electrons. The van der Waals surface area contributed by atoms with Crippen LogP contribution in [0.3, 0.4) is 0 Å². The fraction of sp³-hybridized carbons (Fsp3) is 0.611. The molecule has 1 N–H and O–H groups in total. The molecule has 2 aliphatic rings. The second-order valence-corrected chi connectivity index (χ2v) is 6.57. The Balaban J connectivity index is 1.49. The first kappa shape index (κ1) is 17.1. The molecule has 1 atom stereocenters. The number of guanidine groups is 1. The van der Waals surface area contributed by atoms with Crippen molar-refractivity contribution >= 4 is 5.96 Å². The Morgan fingerprint density at radius 1 is 1.25 bits per heavy atom. The highest BCUT2D eigenvalue weighted by atomic mass is 19.2. The van der Waals surface area contributed by atoms with Crippen LogP contribution in [0.1, 0.15) is 24.8 Å². The van der Waals surface area contributed by atoms with Gasteiger partial charge in [0, 0.05) is 32.7 Å². The van der Waals surface area contributed by atoms with Crippen LogP contribution in [0, 0.1) is 11.6 Å². The van der Waals surface area contributed by atoms with Gasteiger partial charge in [-0.3, -0.25) is 9.89 Å². The van der Waals surface area contributed by atoms with Crippen LogP contribution in [-0.2, 0) is 6.42 Å². The maximum Gasteiger partial charge on any atom is 0.193 e. The Kier molecular flexibility index (Phi) is 5.66. The van der Waals surface area contributed by atoms with Crippen molar-refractivity contribution in [2.45, 2.75) is 31.7 Å². The van der Waals surface area contributed by atoms with Gasteiger partial charge in [-0.2, -0.15) is 0 Å². The molecule has 2 aliphatic heterocycles. The highest BCUT2D eigenvalue weighted by Crippen LogP contribution is 2.20. The van der Waals surface area contributed by atoms with Crippen LogP contribution in [-0.4, -0.2) is 61.6 Å². The number of rotatable bonds is 4. The fourth-order valence-corrected chi connectivity index (χ4v) is 3.72. The lowest BCUT2D eigenvalue weighted by atomic mass is 10.1. The van der Waals surface area contributed by atoms with Crippen LogP contribution in [0.2, 0.25) is 0 Å². The molecule has 0 amide bonds. The number of aliphatic imine (C=N–C) groups is 1. The predicted molar refractivity (Wildman–Crippen MR) is 92.2 cm³/mol. The van der Waals surface area contributed by atoms with E-state index in [-0.39, 0.29) is 0 Å². The molecule has 6 heteroatoms. The summed E-state index contributed by atoms with van der Waals surface area (Å²) in [7, 11) is 1.77. The first-order valence-corrected chi connectivity index (χ1v) is 8.81. The smallest absolute Gasteiger partial charge is 0.193 e. The third-order valence-electron chi connectivity index (χ3n) is 5.04. The Labute approximate surface area is 142 Å². The number of likely N-dealkylation sites (tertiary alicyclic amines) is 2. The van der Waals surface area contributed by atoms with Crippen molar-refractivity contribution in [3.63, 3.8) is 0 Å². The minimum absolute atomic E-state index is 0.398. The first-order valence-electron chi connectivity index (χ1n) is 8.81. The molecule has 24 heavy (non-hydrogen) atoms. The molecule has 1 unspecified atom stereocenters. The van der Waals surface area contributed by atoms with Crippen molar-refractivity contribution in [2.75, 3.05) is 39.8 Å². The topological polar surface area (TPSA) is 30.9 Å².